The Bertz CT molecular complexity index is 1390. The minimum atomic E-state index is -4.68. The number of nitrogens with zero attached hydrogens (tertiary/aromatic N) is 1. The predicted molar refractivity (Wildman–Crippen MR) is 108 cm³/mol. The number of hydrogen-bond donors (Lipinski definition) is 0. The Labute approximate surface area is 176 Å². The average molecular weight is 447 g/mol. The molecule has 4 rings (SSSR count). The summed E-state index contributed by atoms with van der Waals surface area (Å²) in [4.78, 5) is 3.83. The topological polar surface area (TPSA) is 69.4 Å². The zero-order valence-corrected chi connectivity index (χ0v) is 17.2. The van der Waals surface area contributed by atoms with E-state index in [1.165, 1.54) is 6.07 Å². The molecule has 0 saturated heterocycles. The molecule has 1 heterocycles. The van der Waals surface area contributed by atoms with E-state index in [-0.39, 0.29) is 17.2 Å². The van der Waals surface area contributed by atoms with E-state index in [0.29, 0.717) is 17.2 Å². The molecule has 0 atom stereocenters. The molecule has 0 bridgehead atoms. The molecule has 0 saturated carbocycles. The molecule has 31 heavy (non-hydrogen) atoms. The maximum absolute atomic E-state index is 13.0. The second kappa shape index (κ2) is 7.42. The van der Waals surface area contributed by atoms with Crippen molar-refractivity contribution in [1.82, 2.24) is 4.98 Å². The van der Waals surface area contributed by atoms with Gasteiger partial charge in [0.25, 0.3) is 0 Å². The van der Waals surface area contributed by atoms with Gasteiger partial charge in [0.1, 0.15) is 10.4 Å². The number of fused-ring (bicyclic) bond motifs is 1. The largest absolute Gasteiger partial charge is 0.436 e. The van der Waals surface area contributed by atoms with Crippen molar-refractivity contribution < 1.29 is 30.2 Å². The third-order valence-electron chi connectivity index (χ3n) is 4.64. The molecule has 0 unspecified atom stereocenters. The van der Waals surface area contributed by atoms with Gasteiger partial charge in [-0.25, -0.2) is 4.98 Å². The van der Waals surface area contributed by atoms with Gasteiger partial charge in [0, 0.05) is 0 Å². The maximum atomic E-state index is 13.0. The van der Waals surface area contributed by atoms with E-state index < -0.39 is 26.8 Å². The highest BCUT2D eigenvalue weighted by atomic mass is 32.2. The molecule has 5 nitrogen and oxygen atoms in total. The number of para-hydroxylation sites is 1. The minimum absolute atomic E-state index is 0.104. The van der Waals surface area contributed by atoms with Crippen molar-refractivity contribution in [3.05, 3.63) is 77.4 Å². The summed E-state index contributed by atoms with van der Waals surface area (Å²) >= 11 is 0. The van der Waals surface area contributed by atoms with Crippen LogP contribution in [0.15, 0.2) is 70.0 Å². The molecule has 3 aromatic carbocycles. The molecular weight excluding hydrogens is 431 g/mol. The summed E-state index contributed by atoms with van der Waals surface area (Å²) in [6, 6.07) is 13.4. The number of aryl methyl sites for hydroxylation is 2. The van der Waals surface area contributed by atoms with Crippen LogP contribution >= 0.6 is 0 Å². The van der Waals surface area contributed by atoms with Crippen LogP contribution in [0.3, 0.4) is 0 Å². The molecule has 0 amide bonds. The Balaban J connectivity index is 1.78. The molecule has 0 aliphatic rings. The maximum Gasteiger partial charge on any atom is 0.416 e. The Morgan fingerprint density at radius 2 is 1.71 bits per heavy atom. The second-order valence-corrected chi connectivity index (χ2v) is 8.55. The lowest BCUT2D eigenvalue weighted by molar-refractivity contribution is -0.137. The van der Waals surface area contributed by atoms with Crippen molar-refractivity contribution >= 4 is 21.2 Å². The van der Waals surface area contributed by atoms with Crippen LogP contribution in [0.1, 0.15) is 16.7 Å². The summed E-state index contributed by atoms with van der Waals surface area (Å²) in [5, 5.41) is 0. The van der Waals surface area contributed by atoms with Crippen molar-refractivity contribution in [2.45, 2.75) is 24.9 Å². The van der Waals surface area contributed by atoms with Crippen LogP contribution in [-0.4, -0.2) is 13.4 Å². The van der Waals surface area contributed by atoms with Gasteiger partial charge in [0.15, 0.2) is 11.3 Å². The molecule has 0 aliphatic carbocycles. The molecule has 0 radical (unpaired) electrons. The second-order valence-electron chi connectivity index (χ2n) is 7.00. The fourth-order valence-corrected chi connectivity index (χ4v) is 4.07. The lowest BCUT2D eigenvalue weighted by Crippen LogP contribution is -2.12. The highest BCUT2D eigenvalue weighted by Crippen LogP contribution is 2.36. The number of alkyl halides is 3. The third kappa shape index (κ3) is 4.13. The van der Waals surface area contributed by atoms with Crippen LogP contribution in [-0.2, 0) is 16.3 Å². The number of hydrogen-bond acceptors (Lipinski definition) is 5. The fraction of sp³-hybridized carbons (Fsp3) is 0.136. The Morgan fingerprint density at radius 3 is 2.42 bits per heavy atom. The number of aromatic nitrogens is 1. The molecule has 0 fully saturated rings. The summed E-state index contributed by atoms with van der Waals surface area (Å²) in [6.07, 6.45) is -4.68. The number of benzene rings is 3. The zero-order chi connectivity index (χ0) is 22.4. The standard InChI is InChI=1S/C22H16F3NO4S/c1-13-9-10-18(17(11-13)21-26-20-14(2)5-3-8-19(20)29-21)30-31(27,28)16-7-4-6-15(12-16)22(23,24)25/h3-12H,1-2H3. The molecule has 0 N–H and O–H groups in total. The first-order chi connectivity index (χ1) is 14.5. The molecule has 9 heteroatoms. The van der Waals surface area contributed by atoms with Gasteiger partial charge in [-0.2, -0.15) is 21.6 Å². The van der Waals surface area contributed by atoms with Crippen LogP contribution in [0.2, 0.25) is 0 Å². The van der Waals surface area contributed by atoms with Gasteiger partial charge < -0.3 is 8.60 Å². The van der Waals surface area contributed by atoms with Crippen LogP contribution in [0.25, 0.3) is 22.6 Å². The minimum Gasteiger partial charge on any atom is -0.436 e. The van der Waals surface area contributed by atoms with Gasteiger partial charge in [-0.3, -0.25) is 0 Å². The smallest absolute Gasteiger partial charge is 0.416 e. The summed E-state index contributed by atoms with van der Waals surface area (Å²) < 4.78 is 75.4. The molecule has 160 valence electrons. The molecular formula is C22H16F3NO4S. The van der Waals surface area contributed by atoms with Crippen LogP contribution < -0.4 is 4.18 Å². The quantitative estimate of drug-likeness (QED) is 0.365. The van der Waals surface area contributed by atoms with E-state index >= 15 is 0 Å². The van der Waals surface area contributed by atoms with Crippen LogP contribution in [0.5, 0.6) is 5.75 Å². The Kier molecular flexibility index (Phi) is 5.01. The van der Waals surface area contributed by atoms with Gasteiger partial charge in [-0.05, 0) is 55.8 Å². The van der Waals surface area contributed by atoms with Gasteiger partial charge in [0.05, 0.1) is 11.1 Å². The van der Waals surface area contributed by atoms with E-state index in [4.69, 9.17) is 8.60 Å². The van der Waals surface area contributed by atoms with Crippen molar-refractivity contribution in [2.75, 3.05) is 0 Å². The molecule has 0 spiro atoms. The summed E-state index contributed by atoms with van der Waals surface area (Å²) in [5.41, 5.74) is 1.98. The van der Waals surface area contributed by atoms with Gasteiger partial charge in [0.2, 0.25) is 5.89 Å². The molecule has 4 aromatic rings. The lowest BCUT2D eigenvalue weighted by Gasteiger charge is -2.12. The predicted octanol–water partition coefficient (Wildman–Crippen LogP) is 5.90. The first kappa shape index (κ1) is 20.9. The monoisotopic (exact) mass is 447 g/mol. The average Bonchev–Trinajstić information content (AvgIpc) is 3.14. The van der Waals surface area contributed by atoms with Gasteiger partial charge in [-0.15, -0.1) is 0 Å². The van der Waals surface area contributed by atoms with E-state index in [0.717, 1.165) is 29.3 Å². The number of halogens is 3. The van der Waals surface area contributed by atoms with Gasteiger partial charge in [-0.1, -0.05) is 29.8 Å². The Morgan fingerprint density at radius 1 is 0.968 bits per heavy atom. The van der Waals surface area contributed by atoms with E-state index in [1.54, 1.807) is 31.2 Å². The Hall–Kier alpha value is -3.33. The van der Waals surface area contributed by atoms with Crippen molar-refractivity contribution in [2.24, 2.45) is 0 Å². The van der Waals surface area contributed by atoms with Crippen molar-refractivity contribution in [3.63, 3.8) is 0 Å². The highest BCUT2D eigenvalue weighted by Gasteiger charge is 2.32. The van der Waals surface area contributed by atoms with E-state index in [2.05, 4.69) is 4.98 Å². The highest BCUT2D eigenvalue weighted by molar-refractivity contribution is 7.87. The normalized spacial score (nSPS) is 12.3. The van der Waals surface area contributed by atoms with E-state index in [1.807, 2.05) is 13.0 Å². The number of oxazole rings is 1. The first-order valence-electron chi connectivity index (χ1n) is 9.13. The fourth-order valence-electron chi connectivity index (χ4n) is 3.08. The summed E-state index contributed by atoms with van der Waals surface area (Å²) in [7, 11) is -4.55. The van der Waals surface area contributed by atoms with Crippen LogP contribution in [0, 0.1) is 13.8 Å². The number of rotatable bonds is 4. The SMILES string of the molecule is Cc1ccc(OS(=O)(=O)c2cccc(C(F)(F)F)c2)c(-c2nc3c(C)cccc3o2)c1. The van der Waals surface area contributed by atoms with Crippen molar-refractivity contribution in [3.8, 4) is 17.2 Å². The molecule has 1 aromatic heterocycles. The first-order valence-corrected chi connectivity index (χ1v) is 10.5. The summed E-state index contributed by atoms with van der Waals surface area (Å²) in [6.45, 7) is 3.66. The van der Waals surface area contributed by atoms with Gasteiger partial charge >= 0.3 is 16.3 Å². The third-order valence-corrected chi connectivity index (χ3v) is 5.87. The van der Waals surface area contributed by atoms with Crippen LogP contribution in [0.4, 0.5) is 13.2 Å². The summed E-state index contributed by atoms with van der Waals surface area (Å²) in [5.74, 6) is 0.0365. The molecule has 0 aliphatic heterocycles. The van der Waals surface area contributed by atoms with Crippen molar-refractivity contribution in [1.29, 1.82) is 0 Å². The van der Waals surface area contributed by atoms with E-state index in [9.17, 15) is 21.6 Å². The lowest BCUT2D eigenvalue weighted by atomic mass is 10.1. The zero-order valence-electron chi connectivity index (χ0n) is 16.4.